The molecule has 0 unspecified atom stereocenters. The summed E-state index contributed by atoms with van der Waals surface area (Å²) in [6, 6.07) is 18.7. The van der Waals surface area contributed by atoms with Crippen LogP contribution in [-0.4, -0.2) is 10.8 Å². The fourth-order valence-corrected chi connectivity index (χ4v) is 2.98. The van der Waals surface area contributed by atoms with Gasteiger partial charge in [0.1, 0.15) is 5.76 Å². The van der Waals surface area contributed by atoms with Gasteiger partial charge in [-0.05, 0) is 41.5 Å². The smallest absolute Gasteiger partial charge is 0.247 e. The molecular weight excluding hydrogens is 369 g/mol. The zero-order valence-corrected chi connectivity index (χ0v) is 15.5. The van der Waals surface area contributed by atoms with Crippen molar-refractivity contribution in [3.05, 3.63) is 99.9 Å². The van der Waals surface area contributed by atoms with Gasteiger partial charge in [-0.15, -0.1) is 0 Å². The molecule has 0 fully saturated rings. The Labute approximate surface area is 162 Å². The highest BCUT2D eigenvalue weighted by atomic mass is 35.5. The number of nitrogens with zero attached hydrogens (tertiary/aromatic N) is 1. The van der Waals surface area contributed by atoms with Crippen molar-refractivity contribution in [2.75, 3.05) is 0 Å². The number of benzene rings is 2. The van der Waals surface area contributed by atoms with E-state index in [-0.39, 0.29) is 5.91 Å². The van der Waals surface area contributed by atoms with E-state index in [1.54, 1.807) is 35.4 Å². The van der Waals surface area contributed by atoms with Crippen molar-refractivity contribution in [3.8, 4) is 0 Å². The van der Waals surface area contributed by atoms with Crippen LogP contribution in [0.2, 0.25) is 10.0 Å². The monoisotopic (exact) mass is 385 g/mol. The topological polar surface area (TPSA) is 33.5 Å². The third kappa shape index (κ3) is 5.01. The fraction of sp³-hybridized carbons (Fsp3) is 0.0952. The van der Waals surface area contributed by atoms with Crippen molar-refractivity contribution in [1.29, 1.82) is 0 Å². The lowest BCUT2D eigenvalue weighted by atomic mass is 10.2. The first-order chi connectivity index (χ1) is 12.6. The van der Waals surface area contributed by atoms with Gasteiger partial charge in [0, 0.05) is 22.7 Å². The maximum absolute atomic E-state index is 12.8. The molecule has 0 aliphatic carbocycles. The molecule has 0 N–H and O–H groups in total. The molecule has 0 spiro atoms. The fourth-order valence-electron chi connectivity index (χ4n) is 2.51. The van der Waals surface area contributed by atoms with Crippen LogP contribution < -0.4 is 0 Å². The molecular formula is C21H17Cl2NO2. The molecule has 0 aliphatic rings. The van der Waals surface area contributed by atoms with Crippen LogP contribution in [0.25, 0.3) is 6.08 Å². The molecule has 3 nitrogen and oxygen atoms in total. The number of carbonyl (C=O) groups excluding carboxylic acids is 1. The average Bonchev–Trinajstić information content (AvgIpc) is 3.14. The normalized spacial score (nSPS) is 11.0. The van der Waals surface area contributed by atoms with Gasteiger partial charge in [-0.2, -0.15) is 0 Å². The molecule has 0 aliphatic heterocycles. The number of rotatable bonds is 6. The lowest BCUT2D eigenvalue weighted by molar-refractivity contribution is -0.127. The van der Waals surface area contributed by atoms with E-state index in [2.05, 4.69) is 0 Å². The van der Waals surface area contributed by atoms with Gasteiger partial charge in [0.25, 0.3) is 0 Å². The van der Waals surface area contributed by atoms with E-state index < -0.39 is 0 Å². The van der Waals surface area contributed by atoms with E-state index in [1.165, 1.54) is 6.08 Å². The standard InChI is InChI=1S/C21H17Cl2NO2/c22-18-10-8-17(20(23)13-18)9-11-21(25)24(15-19-7-4-12-26-19)14-16-5-2-1-3-6-16/h1-13H,14-15H2/b11-9+. The van der Waals surface area contributed by atoms with E-state index in [0.29, 0.717) is 23.1 Å². The summed E-state index contributed by atoms with van der Waals surface area (Å²) in [7, 11) is 0. The van der Waals surface area contributed by atoms with Crippen LogP contribution >= 0.6 is 23.2 Å². The van der Waals surface area contributed by atoms with Crippen LogP contribution in [0, 0.1) is 0 Å². The predicted molar refractivity (Wildman–Crippen MR) is 105 cm³/mol. The molecule has 1 aromatic heterocycles. The van der Waals surface area contributed by atoms with Gasteiger partial charge in [0.2, 0.25) is 5.91 Å². The van der Waals surface area contributed by atoms with Gasteiger partial charge < -0.3 is 9.32 Å². The SMILES string of the molecule is O=C(/C=C/c1ccc(Cl)cc1Cl)N(Cc1ccccc1)Cc1ccco1. The minimum atomic E-state index is -0.128. The minimum Gasteiger partial charge on any atom is -0.467 e. The van der Waals surface area contributed by atoms with Crippen LogP contribution in [0.1, 0.15) is 16.9 Å². The van der Waals surface area contributed by atoms with Crippen LogP contribution in [0.15, 0.2) is 77.4 Å². The number of carbonyl (C=O) groups is 1. The molecule has 26 heavy (non-hydrogen) atoms. The summed E-state index contributed by atoms with van der Waals surface area (Å²) in [6.07, 6.45) is 4.81. The summed E-state index contributed by atoms with van der Waals surface area (Å²) in [6.45, 7) is 0.873. The third-order valence-electron chi connectivity index (χ3n) is 3.82. The summed E-state index contributed by atoms with van der Waals surface area (Å²) in [4.78, 5) is 14.5. The molecule has 3 rings (SSSR count). The van der Waals surface area contributed by atoms with Gasteiger partial charge in [0.05, 0.1) is 12.8 Å². The van der Waals surface area contributed by atoms with Crippen LogP contribution in [0.4, 0.5) is 0 Å². The molecule has 5 heteroatoms. The van der Waals surface area contributed by atoms with Gasteiger partial charge in [-0.3, -0.25) is 4.79 Å². The summed E-state index contributed by atoms with van der Waals surface area (Å²) < 4.78 is 5.39. The van der Waals surface area contributed by atoms with E-state index in [1.807, 2.05) is 42.5 Å². The highest BCUT2D eigenvalue weighted by Crippen LogP contribution is 2.22. The van der Waals surface area contributed by atoms with Crippen molar-refractivity contribution in [2.45, 2.75) is 13.1 Å². The maximum Gasteiger partial charge on any atom is 0.247 e. The van der Waals surface area contributed by atoms with Gasteiger partial charge >= 0.3 is 0 Å². The summed E-state index contributed by atoms with van der Waals surface area (Å²) in [5.41, 5.74) is 1.78. The lowest BCUT2D eigenvalue weighted by Crippen LogP contribution is -2.28. The molecule has 0 atom stereocenters. The second-order valence-corrected chi connectivity index (χ2v) is 6.60. The quantitative estimate of drug-likeness (QED) is 0.500. The maximum atomic E-state index is 12.8. The Morgan fingerprint density at radius 2 is 1.81 bits per heavy atom. The van der Waals surface area contributed by atoms with Crippen molar-refractivity contribution in [1.82, 2.24) is 4.90 Å². The average molecular weight is 386 g/mol. The minimum absolute atomic E-state index is 0.128. The Hall–Kier alpha value is -2.49. The molecule has 132 valence electrons. The Morgan fingerprint density at radius 1 is 1.00 bits per heavy atom. The van der Waals surface area contributed by atoms with Gasteiger partial charge in [-0.1, -0.05) is 59.6 Å². The Morgan fingerprint density at radius 3 is 2.50 bits per heavy atom. The molecule has 2 aromatic carbocycles. The third-order valence-corrected chi connectivity index (χ3v) is 4.39. The number of amides is 1. The van der Waals surface area contributed by atoms with Crippen molar-refractivity contribution in [2.24, 2.45) is 0 Å². The molecule has 0 radical (unpaired) electrons. The molecule has 0 saturated heterocycles. The zero-order valence-electron chi connectivity index (χ0n) is 13.9. The number of halogens is 2. The largest absolute Gasteiger partial charge is 0.467 e. The van der Waals surface area contributed by atoms with E-state index in [9.17, 15) is 4.79 Å². The van der Waals surface area contributed by atoms with E-state index in [4.69, 9.17) is 27.6 Å². The number of hydrogen-bond donors (Lipinski definition) is 0. The lowest BCUT2D eigenvalue weighted by Gasteiger charge is -2.20. The zero-order chi connectivity index (χ0) is 18.4. The molecule has 1 amide bonds. The van der Waals surface area contributed by atoms with E-state index in [0.717, 1.165) is 16.9 Å². The predicted octanol–water partition coefficient (Wildman–Crippen LogP) is 5.83. The summed E-state index contributed by atoms with van der Waals surface area (Å²) >= 11 is 12.1. The number of furan rings is 1. The van der Waals surface area contributed by atoms with Crippen molar-refractivity contribution < 1.29 is 9.21 Å². The summed E-state index contributed by atoms with van der Waals surface area (Å²) in [5, 5.41) is 1.06. The first-order valence-electron chi connectivity index (χ1n) is 8.10. The molecule has 3 aromatic rings. The molecule has 0 saturated carbocycles. The molecule has 0 bridgehead atoms. The van der Waals surface area contributed by atoms with Crippen LogP contribution in [-0.2, 0) is 17.9 Å². The van der Waals surface area contributed by atoms with Gasteiger partial charge in [0.15, 0.2) is 0 Å². The van der Waals surface area contributed by atoms with Crippen molar-refractivity contribution in [3.63, 3.8) is 0 Å². The second kappa shape index (κ2) is 8.75. The Bertz CT molecular complexity index is 890. The van der Waals surface area contributed by atoms with Crippen LogP contribution in [0.5, 0.6) is 0 Å². The van der Waals surface area contributed by atoms with Gasteiger partial charge in [-0.25, -0.2) is 0 Å². The van der Waals surface area contributed by atoms with Crippen molar-refractivity contribution >= 4 is 35.2 Å². The number of hydrogen-bond acceptors (Lipinski definition) is 2. The van der Waals surface area contributed by atoms with Crippen LogP contribution in [0.3, 0.4) is 0 Å². The highest BCUT2D eigenvalue weighted by molar-refractivity contribution is 6.35. The first-order valence-corrected chi connectivity index (χ1v) is 8.86. The van der Waals surface area contributed by atoms with E-state index >= 15 is 0 Å². The summed E-state index contributed by atoms with van der Waals surface area (Å²) in [5.74, 6) is 0.600. The second-order valence-electron chi connectivity index (χ2n) is 5.76. The highest BCUT2D eigenvalue weighted by Gasteiger charge is 2.14. The Balaban J connectivity index is 1.78. The molecule has 1 heterocycles. The Kier molecular flexibility index (Phi) is 6.16. The first kappa shape index (κ1) is 18.3.